The average Bonchev–Trinajstić information content (AvgIpc) is 3.09. The highest BCUT2D eigenvalue weighted by Crippen LogP contribution is 2.21. The van der Waals surface area contributed by atoms with E-state index in [0.29, 0.717) is 31.3 Å². The highest BCUT2D eigenvalue weighted by atomic mass is 35.5. The van der Waals surface area contributed by atoms with E-state index >= 15 is 0 Å². The van der Waals surface area contributed by atoms with Crippen molar-refractivity contribution in [1.29, 1.82) is 0 Å². The number of piperidine rings is 1. The number of ether oxygens (including phenoxy) is 1. The van der Waals surface area contributed by atoms with Crippen LogP contribution in [0.4, 0.5) is 5.95 Å². The molecule has 0 spiro atoms. The van der Waals surface area contributed by atoms with Crippen LogP contribution in [0, 0.1) is 0 Å². The lowest BCUT2D eigenvalue weighted by atomic mass is 10.1. The number of hydrogen-bond acceptors (Lipinski definition) is 6. The molecule has 8 nitrogen and oxygen atoms in total. The average molecular weight is 391 g/mol. The molecule has 1 fully saturated rings. The van der Waals surface area contributed by atoms with Crippen LogP contribution in [0.25, 0.3) is 0 Å². The van der Waals surface area contributed by atoms with E-state index in [4.69, 9.17) is 21.3 Å². The van der Waals surface area contributed by atoms with Gasteiger partial charge in [0.05, 0.1) is 23.9 Å². The van der Waals surface area contributed by atoms with Crippen molar-refractivity contribution < 1.29 is 9.53 Å². The Labute approximate surface area is 162 Å². The van der Waals surface area contributed by atoms with Gasteiger partial charge in [-0.1, -0.05) is 11.6 Å². The number of fused-ring (bicyclic) bond motifs is 1. The molecule has 4 rings (SSSR count). The molecule has 1 N–H and O–H groups in total. The Morgan fingerprint density at radius 1 is 1.48 bits per heavy atom. The number of nitrogens with zero attached hydrogens (tertiary/aromatic N) is 5. The second kappa shape index (κ2) is 7.82. The summed E-state index contributed by atoms with van der Waals surface area (Å²) in [5.41, 5.74) is 2.41. The van der Waals surface area contributed by atoms with Gasteiger partial charge in [0.2, 0.25) is 5.95 Å². The van der Waals surface area contributed by atoms with Crippen LogP contribution in [0.15, 0.2) is 12.4 Å². The molecule has 2 aromatic rings. The van der Waals surface area contributed by atoms with E-state index in [-0.39, 0.29) is 17.6 Å². The molecule has 0 saturated carbocycles. The summed E-state index contributed by atoms with van der Waals surface area (Å²) in [6.45, 7) is 5.46. The first-order valence-electron chi connectivity index (χ1n) is 9.35. The minimum absolute atomic E-state index is 0.0112. The Kier molecular flexibility index (Phi) is 5.27. The second-order valence-electron chi connectivity index (χ2n) is 6.88. The number of aryl methyl sites for hydroxylation is 1. The normalized spacial score (nSPS) is 19.6. The minimum Gasteiger partial charge on any atom is -0.376 e. The summed E-state index contributed by atoms with van der Waals surface area (Å²) >= 11 is 6.14. The molecule has 27 heavy (non-hydrogen) atoms. The van der Waals surface area contributed by atoms with Gasteiger partial charge in [-0.25, -0.2) is 9.97 Å². The van der Waals surface area contributed by atoms with Crippen LogP contribution in [-0.4, -0.2) is 51.4 Å². The van der Waals surface area contributed by atoms with E-state index in [9.17, 15) is 4.79 Å². The molecule has 2 aliphatic heterocycles. The van der Waals surface area contributed by atoms with Crippen molar-refractivity contribution in [2.75, 3.05) is 24.6 Å². The number of aromatic nitrogens is 4. The van der Waals surface area contributed by atoms with E-state index in [1.54, 1.807) is 10.9 Å². The molecule has 0 unspecified atom stereocenters. The van der Waals surface area contributed by atoms with Crippen LogP contribution in [-0.2, 0) is 24.3 Å². The highest BCUT2D eigenvalue weighted by molar-refractivity contribution is 6.33. The van der Waals surface area contributed by atoms with Crippen molar-refractivity contribution in [3.8, 4) is 0 Å². The van der Waals surface area contributed by atoms with Gasteiger partial charge in [0.15, 0.2) is 5.69 Å². The van der Waals surface area contributed by atoms with Gasteiger partial charge in [0.25, 0.3) is 5.91 Å². The number of rotatable bonds is 4. The Bertz CT molecular complexity index is 839. The molecule has 4 heterocycles. The smallest absolute Gasteiger partial charge is 0.273 e. The van der Waals surface area contributed by atoms with Crippen molar-refractivity contribution in [3.63, 3.8) is 0 Å². The van der Waals surface area contributed by atoms with Crippen molar-refractivity contribution in [3.05, 3.63) is 34.4 Å². The van der Waals surface area contributed by atoms with Gasteiger partial charge < -0.3 is 15.0 Å². The third-order valence-electron chi connectivity index (χ3n) is 4.98. The molecular formula is C18H23ClN6O2. The monoisotopic (exact) mass is 390 g/mol. The summed E-state index contributed by atoms with van der Waals surface area (Å²) in [5.74, 6) is 0.491. The minimum atomic E-state index is -0.234. The van der Waals surface area contributed by atoms with Gasteiger partial charge in [-0.15, -0.1) is 0 Å². The Morgan fingerprint density at radius 2 is 2.37 bits per heavy atom. The number of amides is 1. The molecule has 0 aromatic carbocycles. The fourth-order valence-corrected chi connectivity index (χ4v) is 3.75. The largest absolute Gasteiger partial charge is 0.376 e. The van der Waals surface area contributed by atoms with Crippen molar-refractivity contribution >= 4 is 23.5 Å². The molecule has 0 bridgehead atoms. The van der Waals surface area contributed by atoms with Crippen LogP contribution in [0.5, 0.6) is 0 Å². The third kappa shape index (κ3) is 3.91. The van der Waals surface area contributed by atoms with Crippen LogP contribution >= 0.6 is 11.6 Å². The van der Waals surface area contributed by atoms with E-state index in [0.717, 1.165) is 43.0 Å². The van der Waals surface area contributed by atoms with Crippen molar-refractivity contribution in [2.45, 2.75) is 45.4 Å². The van der Waals surface area contributed by atoms with Gasteiger partial charge in [-0.3, -0.25) is 9.48 Å². The zero-order valence-corrected chi connectivity index (χ0v) is 16.1. The molecule has 0 aliphatic carbocycles. The van der Waals surface area contributed by atoms with Crippen molar-refractivity contribution in [2.24, 2.45) is 0 Å². The fraction of sp³-hybridized carbons (Fsp3) is 0.556. The molecule has 1 amide bonds. The first kappa shape index (κ1) is 18.2. The van der Waals surface area contributed by atoms with Crippen LogP contribution in [0.2, 0.25) is 5.02 Å². The summed E-state index contributed by atoms with van der Waals surface area (Å²) in [6, 6.07) is 0.0112. The number of anilines is 1. The maximum atomic E-state index is 12.6. The third-order valence-corrected chi connectivity index (χ3v) is 5.25. The molecule has 144 valence electrons. The lowest BCUT2D eigenvalue weighted by Crippen LogP contribution is -2.48. The summed E-state index contributed by atoms with van der Waals surface area (Å²) in [6.07, 6.45) is 6.22. The number of halogens is 1. The molecule has 2 aromatic heterocycles. The molecule has 1 atom stereocenters. The lowest BCUT2D eigenvalue weighted by Gasteiger charge is -2.33. The van der Waals surface area contributed by atoms with Crippen LogP contribution in [0.3, 0.4) is 0 Å². The van der Waals surface area contributed by atoms with Gasteiger partial charge in [-0.05, 0) is 19.8 Å². The molecule has 9 heteroatoms. The summed E-state index contributed by atoms with van der Waals surface area (Å²) in [5, 5.41) is 7.68. The van der Waals surface area contributed by atoms with Crippen LogP contribution in [0.1, 0.15) is 41.5 Å². The fourth-order valence-electron chi connectivity index (χ4n) is 3.52. The topological polar surface area (TPSA) is 85.2 Å². The zero-order chi connectivity index (χ0) is 18.8. The van der Waals surface area contributed by atoms with Gasteiger partial charge in [0, 0.05) is 50.1 Å². The lowest BCUT2D eigenvalue weighted by molar-refractivity contribution is 0.0927. The Hall–Kier alpha value is -2.19. The summed E-state index contributed by atoms with van der Waals surface area (Å²) in [7, 11) is 0. The Morgan fingerprint density at radius 3 is 3.19 bits per heavy atom. The number of carbonyl (C=O) groups excluding carboxylic acids is 1. The molecule has 0 radical (unpaired) electrons. The maximum Gasteiger partial charge on any atom is 0.273 e. The SMILES string of the molecule is CCn1cc(Cl)c(C(=O)N[C@H]2CCCN(c3ncc4c(n3)CCOC4)C2)n1. The van der Waals surface area contributed by atoms with Crippen LogP contribution < -0.4 is 10.2 Å². The summed E-state index contributed by atoms with van der Waals surface area (Å²) < 4.78 is 7.11. The van der Waals surface area contributed by atoms with E-state index < -0.39 is 0 Å². The second-order valence-corrected chi connectivity index (χ2v) is 7.29. The number of carbonyl (C=O) groups is 1. The maximum absolute atomic E-state index is 12.6. The zero-order valence-electron chi connectivity index (χ0n) is 15.3. The first-order chi connectivity index (χ1) is 13.1. The van der Waals surface area contributed by atoms with Gasteiger partial charge in [0.1, 0.15) is 0 Å². The molecule has 1 saturated heterocycles. The predicted molar refractivity (Wildman–Crippen MR) is 101 cm³/mol. The van der Waals surface area contributed by atoms with Gasteiger partial charge in [-0.2, -0.15) is 5.10 Å². The standard InChI is InChI=1S/C18H23ClN6O2/c1-2-25-10-14(19)16(23-25)17(26)21-13-4-3-6-24(9-13)18-20-8-12-11-27-7-5-15(12)22-18/h8,10,13H,2-7,9,11H2,1H3,(H,21,26)/t13-/m0/s1. The number of nitrogens with one attached hydrogen (secondary N) is 1. The summed E-state index contributed by atoms with van der Waals surface area (Å²) in [4.78, 5) is 23.9. The highest BCUT2D eigenvalue weighted by Gasteiger charge is 2.26. The molecule has 2 aliphatic rings. The first-order valence-corrected chi connectivity index (χ1v) is 9.73. The van der Waals surface area contributed by atoms with Crippen molar-refractivity contribution in [1.82, 2.24) is 25.1 Å². The number of hydrogen-bond donors (Lipinski definition) is 1. The van der Waals surface area contributed by atoms with E-state index in [1.165, 1.54) is 0 Å². The predicted octanol–water partition coefficient (Wildman–Crippen LogP) is 1.82. The van der Waals surface area contributed by atoms with Gasteiger partial charge >= 0.3 is 0 Å². The Balaban J connectivity index is 1.43. The molecular weight excluding hydrogens is 368 g/mol. The quantitative estimate of drug-likeness (QED) is 0.857. The van der Waals surface area contributed by atoms with E-state index in [1.807, 2.05) is 13.1 Å². The van der Waals surface area contributed by atoms with E-state index in [2.05, 4.69) is 20.3 Å².